The summed E-state index contributed by atoms with van der Waals surface area (Å²) in [5.74, 6) is -4.11. The molecule has 5 amide bonds. The summed E-state index contributed by atoms with van der Waals surface area (Å²) in [7, 11) is 0. The summed E-state index contributed by atoms with van der Waals surface area (Å²) in [4.78, 5) is 66.3. The van der Waals surface area contributed by atoms with Crippen LogP contribution in [0.15, 0.2) is 29.3 Å². The SMILES string of the molecule is CC[C@H](C)[C@H](NC(=O)CNC(=O)[C@H](CO)NC(=O)[C@@H](N)CCCN=C(N)N)C(=O)N[C@@H](Cc1ccc(O)cc1)C(N)=O. The number of nitrogens with two attached hydrogens (primary N) is 4. The maximum atomic E-state index is 13.1. The van der Waals surface area contributed by atoms with Gasteiger partial charge in [0, 0.05) is 13.0 Å². The highest BCUT2D eigenvalue weighted by Gasteiger charge is 2.30. The lowest BCUT2D eigenvalue weighted by Gasteiger charge is -2.26. The summed E-state index contributed by atoms with van der Waals surface area (Å²) < 4.78 is 0. The summed E-state index contributed by atoms with van der Waals surface area (Å²) in [6.07, 6.45) is 1.18. The van der Waals surface area contributed by atoms with Gasteiger partial charge in [-0.25, -0.2) is 0 Å². The molecule has 1 rings (SSSR count). The number of phenols is 1. The molecule has 234 valence electrons. The molecule has 1 aromatic carbocycles. The number of aliphatic hydroxyl groups excluding tert-OH is 1. The Morgan fingerprint density at radius 3 is 2.10 bits per heavy atom. The van der Waals surface area contributed by atoms with Crippen molar-refractivity contribution in [3.05, 3.63) is 29.8 Å². The lowest BCUT2D eigenvalue weighted by Crippen LogP contribution is -2.57. The number of carbonyl (C=O) groups excluding carboxylic acids is 5. The van der Waals surface area contributed by atoms with Gasteiger partial charge in [-0.3, -0.25) is 29.0 Å². The van der Waals surface area contributed by atoms with E-state index in [1.165, 1.54) is 12.1 Å². The lowest BCUT2D eigenvalue weighted by atomic mass is 9.97. The minimum Gasteiger partial charge on any atom is -0.508 e. The van der Waals surface area contributed by atoms with E-state index in [0.717, 1.165) is 0 Å². The van der Waals surface area contributed by atoms with Gasteiger partial charge in [-0.2, -0.15) is 0 Å². The summed E-state index contributed by atoms with van der Waals surface area (Å²) in [6, 6.07) is 1.52. The Balaban J connectivity index is 2.72. The van der Waals surface area contributed by atoms with Gasteiger partial charge in [0.05, 0.1) is 19.2 Å². The predicted molar refractivity (Wildman–Crippen MR) is 154 cm³/mol. The second-order valence-corrected chi connectivity index (χ2v) is 9.78. The standard InChI is InChI=1S/C26H43N9O7/c1-3-14(2)21(25(42)33-18(22(28)39)11-15-6-8-16(37)9-7-15)35-20(38)12-32-24(41)19(13-36)34-23(40)17(27)5-4-10-31-26(29)30/h6-9,14,17-19,21,36-37H,3-5,10-13,27H2,1-2H3,(H2,28,39)(H,32,41)(H,33,42)(H,34,40)(H,35,38)(H4,29,30,31)/t14-,17-,18-,19-,21-/m0/s1. The van der Waals surface area contributed by atoms with Crippen LogP contribution >= 0.6 is 0 Å². The number of nitrogens with zero attached hydrogens (tertiary/aromatic N) is 1. The average Bonchev–Trinajstić information content (AvgIpc) is 2.95. The fraction of sp³-hybridized carbons (Fsp3) is 0.538. The fourth-order valence-electron chi connectivity index (χ4n) is 3.69. The lowest BCUT2D eigenvalue weighted by molar-refractivity contribution is -0.133. The Labute approximate surface area is 244 Å². The van der Waals surface area contributed by atoms with Crippen molar-refractivity contribution in [1.29, 1.82) is 0 Å². The molecule has 0 radical (unpaired) electrons. The molecule has 0 aliphatic carbocycles. The Kier molecular flexibility index (Phi) is 15.3. The normalized spacial score (nSPS) is 14.3. The molecule has 14 N–H and O–H groups in total. The van der Waals surface area contributed by atoms with E-state index >= 15 is 0 Å². The van der Waals surface area contributed by atoms with E-state index in [1.807, 2.05) is 0 Å². The first kappa shape index (κ1) is 35.6. The molecule has 0 bridgehead atoms. The summed E-state index contributed by atoms with van der Waals surface area (Å²) in [5.41, 5.74) is 22.4. The van der Waals surface area contributed by atoms with Gasteiger partial charge in [0.2, 0.25) is 29.5 Å². The van der Waals surface area contributed by atoms with E-state index in [0.29, 0.717) is 18.4 Å². The molecule has 0 saturated heterocycles. The second-order valence-electron chi connectivity index (χ2n) is 9.78. The van der Waals surface area contributed by atoms with E-state index in [4.69, 9.17) is 22.9 Å². The number of nitrogens with one attached hydrogen (secondary N) is 4. The van der Waals surface area contributed by atoms with Crippen molar-refractivity contribution in [3.63, 3.8) is 0 Å². The van der Waals surface area contributed by atoms with Crippen molar-refractivity contribution in [2.24, 2.45) is 33.8 Å². The first-order valence-electron chi connectivity index (χ1n) is 13.5. The monoisotopic (exact) mass is 593 g/mol. The van der Waals surface area contributed by atoms with Gasteiger partial charge in [0.15, 0.2) is 5.96 Å². The minimum atomic E-state index is -1.38. The Hall–Kier alpha value is -4.44. The van der Waals surface area contributed by atoms with Crippen molar-refractivity contribution in [3.8, 4) is 5.75 Å². The highest BCUT2D eigenvalue weighted by atomic mass is 16.3. The summed E-state index contributed by atoms with van der Waals surface area (Å²) >= 11 is 0. The zero-order chi connectivity index (χ0) is 31.8. The van der Waals surface area contributed by atoms with Crippen LogP contribution in [0.5, 0.6) is 5.75 Å². The van der Waals surface area contributed by atoms with E-state index in [2.05, 4.69) is 26.3 Å². The molecule has 0 aliphatic rings. The number of guanidine groups is 1. The van der Waals surface area contributed by atoms with Crippen LogP contribution < -0.4 is 44.2 Å². The molecule has 0 heterocycles. The zero-order valence-corrected chi connectivity index (χ0v) is 23.8. The van der Waals surface area contributed by atoms with Gasteiger partial charge in [0.1, 0.15) is 23.9 Å². The second kappa shape index (κ2) is 18.1. The highest BCUT2D eigenvalue weighted by molar-refractivity contribution is 5.94. The van der Waals surface area contributed by atoms with Crippen LogP contribution in [0.25, 0.3) is 0 Å². The van der Waals surface area contributed by atoms with Gasteiger partial charge in [-0.1, -0.05) is 32.4 Å². The number of aliphatic imine (C=N–C) groups is 1. The number of primary amides is 1. The minimum absolute atomic E-state index is 0.0392. The fourth-order valence-corrected chi connectivity index (χ4v) is 3.69. The number of rotatable bonds is 18. The zero-order valence-electron chi connectivity index (χ0n) is 23.8. The number of aromatic hydroxyl groups is 1. The van der Waals surface area contributed by atoms with Crippen molar-refractivity contribution >= 4 is 35.5 Å². The van der Waals surface area contributed by atoms with E-state index in [1.54, 1.807) is 26.0 Å². The quantitative estimate of drug-likeness (QED) is 0.0453. The van der Waals surface area contributed by atoms with Crippen LogP contribution in [0.4, 0.5) is 0 Å². The van der Waals surface area contributed by atoms with Gasteiger partial charge in [-0.15, -0.1) is 0 Å². The summed E-state index contributed by atoms with van der Waals surface area (Å²) in [5, 5.41) is 28.7. The third kappa shape index (κ3) is 12.8. The van der Waals surface area contributed by atoms with Crippen LogP contribution in [-0.4, -0.2) is 89.6 Å². The van der Waals surface area contributed by atoms with Gasteiger partial charge >= 0.3 is 0 Å². The van der Waals surface area contributed by atoms with E-state index in [-0.39, 0.29) is 37.0 Å². The Morgan fingerprint density at radius 1 is 0.929 bits per heavy atom. The third-order valence-electron chi connectivity index (χ3n) is 6.39. The maximum absolute atomic E-state index is 13.1. The first-order valence-corrected chi connectivity index (χ1v) is 13.5. The van der Waals surface area contributed by atoms with Crippen molar-refractivity contribution < 1.29 is 34.2 Å². The predicted octanol–water partition coefficient (Wildman–Crippen LogP) is -3.59. The topological polar surface area (TPSA) is 290 Å². The van der Waals surface area contributed by atoms with Gasteiger partial charge < -0.3 is 54.4 Å². The van der Waals surface area contributed by atoms with Crippen molar-refractivity contribution in [2.75, 3.05) is 19.7 Å². The molecule has 1 aromatic rings. The highest BCUT2D eigenvalue weighted by Crippen LogP contribution is 2.13. The average molecular weight is 594 g/mol. The summed E-state index contributed by atoms with van der Waals surface area (Å²) in [6.45, 7) is 2.47. The Bertz CT molecular complexity index is 1090. The van der Waals surface area contributed by atoms with Crippen LogP contribution in [0.3, 0.4) is 0 Å². The number of amides is 5. The molecule has 0 aromatic heterocycles. The first-order chi connectivity index (χ1) is 19.8. The number of hydrogen-bond acceptors (Lipinski definition) is 9. The maximum Gasteiger partial charge on any atom is 0.245 e. The molecule has 16 nitrogen and oxygen atoms in total. The van der Waals surface area contributed by atoms with E-state index < -0.39 is 66.9 Å². The molecule has 0 aliphatic heterocycles. The molecule has 0 saturated carbocycles. The van der Waals surface area contributed by atoms with Crippen LogP contribution in [-0.2, 0) is 30.4 Å². The molecular weight excluding hydrogens is 550 g/mol. The Morgan fingerprint density at radius 2 is 1.55 bits per heavy atom. The molecule has 5 atom stereocenters. The van der Waals surface area contributed by atoms with E-state index in [9.17, 15) is 34.2 Å². The smallest absolute Gasteiger partial charge is 0.245 e. The molecule has 42 heavy (non-hydrogen) atoms. The van der Waals surface area contributed by atoms with Crippen molar-refractivity contribution in [1.82, 2.24) is 21.3 Å². The number of phenolic OH excluding ortho intramolecular Hbond substituents is 1. The number of carbonyl (C=O) groups is 5. The molecular formula is C26H43N9O7. The van der Waals surface area contributed by atoms with Crippen molar-refractivity contribution in [2.45, 2.75) is 63.7 Å². The molecule has 0 fully saturated rings. The number of hydrogen-bond donors (Lipinski definition) is 10. The number of aliphatic hydroxyl groups is 1. The third-order valence-corrected chi connectivity index (χ3v) is 6.39. The molecule has 0 unspecified atom stereocenters. The molecule has 0 spiro atoms. The van der Waals surface area contributed by atoms with Crippen LogP contribution in [0, 0.1) is 5.92 Å². The van der Waals surface area contributed by atoms with Gasteiger partial charge in [0.25, 0.3) is 0 Å². The van der Waals surface area contributed by atoms with Crippen LogP contribution in [0.2, 0.25) is 0 Å². The molecule has 16 heteroatoms. The largest absolute Gasteiger partial charge is 0.508 e. The van der Waals surface area contributed by atoms with Gasteiger partial charge in [-0.05, 0) is 36.5 Å². The van der Waals surface area contributed by atoms with Crippen LogP contribution in [0.1, 0.15) is 38.7 Å². The number of benzene rings is 1.